The van der Waals surface area contributed by atoms with Gasteiger partial charge in [-0.25, -0.2) is 4.98 Å². The third-order valence-corrected chi connectivity index (χ3v) is 4.70. The van der Waals surface area contributed by atoms with Crippen LogP contribution < -0.4 is 15.6 Å². The lowest BCUT2D eigenvalue weighted by Crippen LogP contribution is -2.23. The van der Waals surface area contributed by atoms with Gasteiger partial charge in [0.15, 0.2) is 11.7 Å². The summed E-state index contributed by atoms with van der Waals surface area (Å²) < 4.78 is 48.4. The molecule has 2 heterocycles. The van der Waals surface area contributed by atoms with Crippen molar-refractivity contribution in [2.75, 3.05) is 25.6 Å². The second-order valence-electron chi connectivity index (χ2n) is 5.95. The first kappa shape index (κ1) is 20.8. The monoisotopic (exact) mass is 427 g/mol. The molecule has 0 saturated heterocycles. The van der Waals surface area contributed by atoms with Gasteiger partial charge in [0.2, 0.25) is 0 Å². The molecule has 154 valence electrons. The lowest BCUT2D eigenvalue weighted by atomic mass is 10.2. The molecule has 1 amide bonds. The van der Waals surface area contributed by atoms with Crippen molar-refractivity contribution in [3.8, 4) is 5.75 Å². The average Bonchev–Trinajstić information content (AvgIpc) is 3.06. The molecule has 0 aliphatic heterocycles. The molecule has 0 spiro atoms. The highest BCUT2D eigenvalue weighted by molar-refractivity contribution is 7.22. The summed E-state index contributed by atoms with van der Waals surface area (Å²) in [5.74, 6) is -0.412. The van der Waals surface area contributed by atoms with Crippen LogP contribution in [0.25, 0.3) is 10.2 Å². The lowest BCUT2D eigenvalue weighted by Gasteiger charge is -2.08. The van der Waals surface area contributed by atoms with E-state index in [1.807, 2.05) is 0 Å². The van der Waals surface area contributed by atoms with E-state index in [2.05, 4.69) is 10.3 Å². The van der Waals surface area contributed by atoms with E-state index in [4.69, 9.17) is 9.47 Å². The summed E-state index contributed by atoms with van der Waals surface area (Å²) in [5.41, 5.74) is 0.508. The zero-order valence-electron chi connectivity index (χ0n) is 15.2. The Kier molecular flexibility index (Phi) is 6.18. The Morgan fingerprint density at radius 1 is 1.28 bits per heavy atom. The maximum absolute atomic E-state index is 12.5. The number of fused-ring (bicyclic) bond motifs is 1. The lowest BCUT2D eigenvalue weighted by molar-refractivity contribution is -0.153. The second kappa shape index (κ2) is 8.62. The van der Waals surface area contributed by atoms with E-state index in [9.17, 15) is 22.8 Å². The minimum absolute atomic E-state index is 0.0570. The standard InChI is InChI=1S/C18H16F3N3O4S/c1-27-7-6-24-9-11(2-5-15(24)25)16(26)23-17-22-13-4-3-12(8-14(13)29-17)28-10-18(19,20)21/h2-5,8-9H,6-7,10H2,1H3,(H,22,23,26). The van der Waals surface area contributed by atoms with Crippen molar-refractivity contribution in [1.82, 2.24) is 9.55 Å². The van der Waals surface area contributed by atoms with Gasteiger partial charge in [-0.15, -0.1) is 0 Å². The predicted octanol–water partition coefficient (Wildman–Crippen LogP) is 3.30. The molecule has 29 heavy (non-hydrogen) atoms. The SMILES string of the molecule is COCCn1cc(C(=O)Nc2nc3ccc(OCC(F)(F)F)cc3s2)ccc1=O. The van der Waals surface area contributed by atoms with E-state index < -0.39 is 18.7 Å². The van der Waals surface area contributed by atoms with E-state index in [0.29, 0.717) is 23.4 Å². The summed E-state index contributed by atoms with van der Waals surface area (Å²) in [6.07, 6.45) is -3.01. The van der Waals surface area contributed by atoms with E-state index in [-0.39, 0.29) is 22.0 Å². The van der Waals surface area contributed by atoms with Crippen LogP contribution in [0.3, 0.4) is 0 Å². The van der Waals surface area contributed by atoms with Crippen LogP contribution in [-0.4, -0.2) is 42.0 Å². The zero-order valence-corrected chi connectivity index (χ0v) is 16.0. The van der Waals surface area contributed by atoms with Crippen molar-refractivity contribution in [3.63, 3.8) is 0 Å². The van der Waals surface area contributed by atoms with E-state index in [0.717, 1.165) is 11.3 Å². The first-order chi connectivity index (χ1) is 13.7. The number of alkyl halides is 3. The number of amides is 1. The van der Waals surface area contributed by atoms with E-state index in [1.165, 1.54) is 48.2 Å². The molecule has 0 saturated carbocycles. The fourth-order valence-electron chi connectivity index (χ4n) is 2.41. The molecule has 1 N–H and O–H groups in total. The molecule has 1 aromatic carbocycles. The Balaban J connectivity index is 1.74. The number of pyridine rings is 1. The summed E-state index contributed by atoms with van der Waals surface area (Å²) in [7, 11) is 1.51. The van der Waals surface area contributed by atoms with Crippen LogP contribution in [0.2, 0.25) is 0 Å². The number of hydrogen-bond acceptors (Lipinski definition) is 6. The van der Waals surface area contributed by atoms with Gasteiger partial charge in [-0.05, 0) is 24.3 Å². The molecule has 0 bridgehead atoms. The molecule has 2 aromatic heterocycles. The van der Waals surface area contributed by atoms with Gasteiger partial charge in [0, 0.05) is 25.9 Å². The van der Waals surface area contributed by atoms with Crippen LogP contribution >= 0.6 is 11.3 Å². The number of halogens is 3. The van der Waals surface area contributed by atoms with Gasteiger partial charge < -0.3 is 14.0 Å². The van der Waals surface area contributed by atoms with Crippen LogP contribution in [0.1, 0.15) is 10.4 Å². The predicted molar refractivity (Wildman–Crippen MR) is 102 cm³/mol. The van der Waals surface area contributed by atoms with Crippen LogP contribution in [0.4, 0.5) is 18.3 Å². The Labute approximate surface area is 166 Å². The van der Waals surface area contributed by atoms with E-state index in [1.54, 1.807) is 0 Å². The molecule has 0 fully saturated rings. The second-order valence-corrected chi connectivity index (χ2v) is 6.98. The molecule has 0 radical (unpaired) electrons. The highest BCUT2D eigenvalue weighted by Gasteiger charge is 2.28. The van der Waals surface area contributed by atoms with Gasteiger partial charge in [0.05, 0.1) is 22.4 Å². The number of nitrogens with zero attached hydrogens (tertiary/aromatic N) is 2. The molecule has 0 atom stereocenters. The van der Waals surface area contributed by atoms with Crippen molar-refractivity contribution < 1.29 is 27.4 Å². The molecule has 3 aromatic rings. The Bertz CT molecular complexity index is 1080. The molecule has 0 unspecified atom stereocenters. The topological polar surface area (TPSA) is 82.4 Å². The number of aromatic nitrogens is 2. The number of methoxy groups -OCH3 is 1. The minimum atomic E-state index is -4.43. The summed E-state index contributed by atoms with van der Waals surface area (Å²) in [5, 5.41) is 2.90. The molecule has 11 heteroatoms. The van der Waals surface area contributed by atoms with Crippen molar-refractivity contribution >= 4 is 32.6 Å². The number of carbonyl (C=O) groups is 1. The Hall–Kier alpha value is -2.92. The third-order valence-electron chi connectivity index (χ3n) is 3.76. The van der Waals surface area contributed by atoms with Gasteiger partial charge in [0.25, 0.3) is 11.5 Å². The Morgan fingerprint density at radius 3 is 2.79 bits per heavy atom. The zero-order chi connectivity index (χ0) is 21.0. The van der Waals surface area contributed by atoms with Gasteiger partial charge in [-0.1, -0.05) is 11.3 Å². The number of hydrogen-bond donors (Lipinski definition) is 1. The minimum Gasteiger partial charge on any atom is -0.484 e. The normalized spacial score (nSPS) is 11.6. The molecule has 3 rings (SSSR count). The van der Waals surface area contributed by atoms with Gasteiger partial charge in [-0.2, -0.15) is 13.2 Å². The van der Waals surface area contributed by atoms with Crippen molar-refractivity contribution in [3.05, 3.63) is 52.4 Å². The first-order valence-electron chi connectivity index (χ1n) is 8.36. The molecule has 0 aliphatic carbocycles. The maximum atomic E-state index is 12.5. The van der Waals surface area contributed by atoms with Crippen molar-refractivity contribution in [2.24, 2.45) is 0 Å². The summed E-state index contributed by atoms with van der Waals surface area (Å²) in [6, 6.07) is 7.01. The molecular formula is C18H16F3N3O4S. The quantitative estimate of drug-likeness (QED) is 0.626. The summed E-state index contributed by atoms with van der Waals surface area (Å²) in [4.78, 5) is 28.5. The van der Waals surface area contributed by atoms with Gasteiger partial charge in [-0.3, -0.25) is 14.9 Å². The average molecular weight is 427 g/mol. The molecule has 7 nitrogen and oxygen atoms in total. The summed E-state index contributed by atoms with van der Waals surface area (Å²) in [6.45, 7) is -0.764. The summed E-state index contributed by atoms with van der Waals surface area (Å²) >= 11 is 1.10. The first-order valence-corrected chi connectivity index (χ1v) is 9.18. The molecule has 0 aliphatic rings. The van der Waals surface area contributed by atoms with Gasteiger partial charge >= 0.3 is 6.18 Å². The number of thiazole rings is 1. The Morgan fingerprint density at radius 2 is 2.07 bits per heavy atom. The van der Waals surface area contributed by atoms with Crippen LogP contribution in [0.5, 0.6) is 5.75 Å². The van der Waals surface area contributed by atoms with Crippen LogP contribution in [-0.2, 0) is 11.3 Å². The van der Waals surface area contributed by atoms with Gasteiger partial charge in [0.1, 0.15) is 5.75 Å². The smallest absolute Gasteiger partial charge is 0.422 e. The number of ether oxygens (including phenoxy) is 2. The van der Waals surface area contributed by atoms with E-state index >= 15 is 0 Å². The number of rotatable bonds is 7. The highest BCUT2D eigenvalue weighted by atomic mass is 32.1. The fourth-order valence-corrected chi connectivity index (χ4v) is 3.30. The van der Waals surface area contributed by atoms with Crippen molar-refractivity contribution in [2.45, 2.75) is 12.7 Å². The maximum Gasteiger partial charge on any atom is 0.422 e. The van der Waals surface area contributed by atoms with Crippen LogP contribution in [0.15, 0.2) is 41.3 Å². The van der Waals surface area contributed by atoms with Crippen LogP contribution in [0, 0.1) is 0 Å². The molecular weight excluding hydrogens is 411 g/mol. The number of benzene rings is 1. The number of nitrogens with one attached hydrogen (secondary N) is 1. The van der Waals surface area contributed by atoms with Crippen molar-refractivity contribution in [1.29, 1.82) is 0 Å². The largest absolute Gasteiger partial charge is 0.484 e. The highest BCUT2D eigenvalue weighted by Crippen LogP contribution is 2.30. The third kappa shape index (κ3) is 5.55. The number of anilines is 1. The number of carbonyl (C=O) groups excluding carboxylic acids is 1. The fraction of sp³-hybridized carbons (Fsp3) is 0.278.